The second-order valence-corrected chi connectivity index (χ2v) is 7.15. The van der Waals surface area contributed by atoms with Crippen LogP contribution in [-0.4, -0.2) is 18.5 Å². The van der Waals surface area contributed by atoms with Gasteiger partial charge in [0.15, 0.2) is 17.3 Å². The summed E-state index contributed by atoms with van der Waals surface area (Å²) in [6, 6.07) is 12.2. The number of furan rings is 1. The normalized spacial score (nSPS) is 20.0. The summed E-state index contributed by atoms with van der Waals surface area (Å²) < 4.78 is 27.7. The third kappa shape index (κ3) is 2.52. The number of hydrogen-bond acceptors (Lipinski definition) is 7. The summed E-state index contributed by atoms with van der Waals surface area (Å²) in [4.78, 5) is 25.1. The molecule has 7 nitrogen and oxygen atoms in total. The average molecular weight is 402 g/mol. The van der Waals surface area contributed by atoms with Crippen LogP contribution in [0.3, 0.4) is 0 Å². The number of benzene rings is 2. The lowest BCUT2D eigenvalue weighted by Crippen LogP contribution is -2.21. The van der Waals surface area contributed by atoms with Crippen molar-refractivity contribution >= 4 is 17.8 Å². The van der Waals surface area contributed by atoms with Crippen LogP contribution in [0.2, 0.25) is 0 Å². The van der Waals surface area contributed by atoms with E-state index in [1.54, 1.807) is 48.7 Å². The van der Waals surface area contributed by atoms with Crippen molar-refractivity contribution in [3.8, 4) is 23.0 Å². The van der Waals surface area contributed by atoms with Crippen molar-refractivity contribution in [2.45, 2.75) is 12.3 Å². The first-order chi connectivity index (χ1) is 14.7. The van der Waals surface area contributed by atoms with Crippen molar-refractivity contribution in [2.24, 2.45) is 0 Å². The zero-order chi connectivity index (χ0) is 20.2. The van der Waals surface area contributed by atoms with Gasteiger partial charge >= 0.3 is 5.97 Å². The summed E-state index contributed by atoms with van der Waals surface area (Å²) in [7, 11) is 0. The molecule has 0 amide bonds. The molecule has 6 rings (SSSR count). The van der Waals surface area contributed by atoms with Gasteiger partial charge in [0.25, 0.3) is 0 Å². The van der Waals surface area contributed by atoms with Crippen LogP contribution in [0, 0.1) is 0 Å². The molecule has 1 unspecified atom stereocenters. The summed E-state index contributed by atoms with van der Waals surface area (Å²) in [6.07, 6.45) is 3.32. The van der Waals surface area contributed by atoms with E-state index < -0.39 is 0 Å². The van der Waals surface area contributed by atoms with Crippen molar-refractivity contribution in [2.75, 3.05) is 6.79 Å². The molecule has 1 atom stereocenters. The largest absolute Gasteiger partial charge is 0.469 e. The Labute approximate surface area is 170 Å². The van der Waals surface area contributed by atoms with Crippen molar-refractivity contribution in [1.82, 2.24) is 0 Å². The predicted octanol–water partition coefficient (Wildman–Crippen LogP) is 4.07. The second-order valence-electron chi connectivity index (χ2n) is 7.15. The van der Waals surface area contributed by atoms with Gasteiger partial charge in [-0.15, -0.1) is 0 Å². The molecule has 0 spiro atoms. The van der Waals surface area contributed by atoms with E-state index in [0.29, 0.717) is 39.9 Å². The summed E-state index contributed by atoms with van der Waals surface area (Å²) in [5, 5.41) is 0. The Morgan fingerprint density at radius 1 is 0.933 bits per heavy atom. The Hall–Kier alpha value is -4.00. The quantitative estimate of drug-likeness (QED) is 0.363. The monoisotopic (exact) mass is 402 g/mol. The molecule has 4 heterocycles. The minimum atomic E-state index is -0.385. The lowest BCUT2D eigenvalue weighted by atomic mass is 9.88. The number of rotatable bonds is 2. The van der Waals surface area contributed by atoms with Crippen LogP contribution in [0.15, 0.2) is 58.9 Å². The number of allylic oxidation sites excluding steroid dienone is 1. The number of carbonyl (C=O) groups excluding carboxylic acids is 2. The summed E-state index contributed by atoms with van der Waals surface area (Å²) in [5.41, 5.74) is 1.82. The number of Topliss-reactive ketones (excluding diaryl/α,β-unsaturated/α-hetero) is 1. The van der Waals surface area contributed by atoms with Crippen LogP contribution in [-0.2, 0) is 4.79 Å². The van der Waals surface area contributed by atoms with Crippen LogP contribution >= 0.6 is 0 Å². The molecular weight excluding hydrogens is 388 g/mol. The SMILES string of the molecule is O=C1CC(c2ccco2)c2c(ccc3c2O/C(=C\c2ccc4c(c2)OCO4)C3=O)O1. The lowest BCUT2D eigenvalue weighted by molar-refractivity contribution is -0.135. The summed E-state index contributed by atoms with van der Waals surface area (Å²) in [6.45, 7) is 0.176. The first kappa shape index (κ1) is 16.9. The Bertz CT molecular complexity index is 1240. The van der Waals surface area contributed by atoms with Gasteiger partial charge in [0.1, 0.15) is 17.3 Å². The Morgan fingerprint density at radius 3 is 2.67 bits per heavy atom. The fraction of sp³-hybridized carbons (Fsp3) is 0.130. The zero-order valence-corrected chi connectivity index (χ0v) is 15.5. The van der Waals surface area contributed by atoms with Gasteiger partial charge in [-0.2, -0.15) is 0 Å². The molecule has 0 N–H and O–H groups in total. The van der Waals surface area contributed by atoms with Gasteiger partial charge in [-0.05, 0) is 48.0 Å². The molecule has 0 fully saturated rings. The van der Waals surface area contributed by atoms with Gasteiger partial charge in [-0.3, -0.25) is 9.59 Å². The number of esters is 1. The van der Waals surface area contributed by atoms with Crippen molar-refractivity contribution in [1.29, 1.82) is 0 Å². The molecule has 30 heavy (non-hydrogen) atoms. The minimum Gasteiger partial charge on any atom is -0.469 e. The van der Waals surface area contributed by atoms with Gasteiger partial charge in [-0.25, -0.2) is 0 Å². The maximum Gasteiger partial charge on any atom is 0.312 e. The van der Waals surface area contributed by atoms with Gasteiger partial charge in [-0.1, -0.05) is 6.07 Å². The van der Waals surface area contributed by atoms with Gasteiger partial charge in [0.2, 0.25) is 12.6 Å². The van der Waals surface area contributed by atoms with E-state index in [0.717, 1.165) is 5.56 Å². The highest BCUT2D eigenvalue weighted by molar-refractivity contribution is 6.15. The van der Waals surface area contributed by atoms with Gasteiger partial charge < -0.3 is 23.4 Å². The highest BCUT2D eigenvalue weighted by Crippen LogP contribution is 2.49. The van der Waals surface area contributed by atoms with E-state index in [4.69, 9.17) is 23.4 Å². The third-order valence-electron chi connectivity index (χ3n) is 5.36. The van der Waals surface area contributed by atoms with E-state index in [1.165, 1.54) is 0 Å². The van der Waals surface area contributed by atoms with Crippen molar-refractivity contribution < 1.29 is 33.0 Å². The topological polar surface area (TPSA) is 84.2 Å². The standard InChI is InChI=1S/C23H14O7/c24-20-10-14(15-2-1-7-26-15)21-17(29-20)6-4-13-22(25)19(30-23(13)21)9-12-3-5-16-18(8-12)28-11-27-16/h1-9,14H,10-11H2/b19-9-. The second kappa shape index (κ2) is 6.25. The molecule has 7 heteroatoms. The molecule has 0 radical (unpaired) electrons. The first-order valence-corrected chi connectivity index (χ1v) is 9.42. The molecular formula is C23H14O7. The maximum absolute atomic E-state index is 13.0. The fourth-order valence-corrected chi connectivity index (χ4v) is 3.99. The van der Waals surface area contributed by atoms with Crippen LogP contribution < -0.4 is 18.9 Å². The van der Waals surface area contributed by atoms with Crippen LogP contribution in [0.4, 0.5) is 0 Å². The number of carbonyl (C=O) groups is 2. The third-order valence-corrected chi connectivity index (χ3v) is 5.36. The maximum atomic E-state index is 13.0. The van der Waals surface area contributed by atoms with Crippen molar-refractivity contribution in [3.63, 3.8) is 0 Å². The van der Waals surface area contributed by atoms with Crippen LogP contribution in [0.5, 0.6) is 23.0 Å². The lowest BCUT2D eigenvalue weighted by Gasteiger charge is -2.24. The molecule has 0 saturated heterocycles. The fourth-order valence-electron chi connectivity index (χ4n) is 3.99. The minimum absolute atomic E-state index is 0.107. The van der Waals surface area contributed by atoms with Crippen LogP contribution in [0.25, 0.3) is 6.08 Å². The number of hydrogen-bond donors (Lipinski definition) is 0. The summed E-state index contributed by atoms with van der Waals surface area (Å²) in [5.74, 6) is 1.89. The first-order valence-electron chi connectivity index (χ1n) is 9.42. The molecule has 0 aliphatic carbocycles. The zero-order valence-electron chi connectivity index (χ0n) is 15.5. The Kier molecular flexibility index (Phi) is 3.52. The molecule has 2 aromatic carbocycles. The molecule has 3 aromatic rings. The van der Waals surface area contributed by atoms with Gasteiger partial charge in [0.05, 0.1) is 24.2 Å². The Balaban J connectivity index is 1.43. The Morgan fingerprint density at radius 2 is 1.80 bits per heavy atom. The molecule has 1 aromatic heterocycles. The molecule has 0 saturated carbocycles. The van der Waals surface area contributed by atoms with Crippen LogP contribution in [0.1, 0.15) is 39.6 Å². The smallest absolute Gasteiger partial charge is 0.312 e. The van der Waals surface area contributed by atoms with E-state index in [2.05, 4.69) is 0 Å². The van der Waals surface area contributed by atoms with Gasteiger partial charge in [0, 0.05) is 5.56 Å². The highest BCUT2D eigenvalue weighted by Gasteiger charge is 2.39. The predicted molar refractivity (Wildman–Crippen MR) is 103 cm³/mol. The van der Waals surface area contributed by atoms with Crippen molar-refractivity contribution in [3.05, 3.63) is 76.9 Å². The molecule has 3 aliphatic heterocycles. The number of fused-ring (bicyclic) bond motifs is 4. The number of ketones is 1. The molecule has 148 valence electrons. The van der Waals surface area contributed by atoms with E-state index in [-0.39, 0.29) is 36.6 Å². The number of ether oxygens (including phenoxy) is 4. The van der Waals surface area contributed by atoms with E-state index in [1.807, 2.05) is 6.07 Å². The molecule has 0 bridgehead atoms. The summed E-state index contributed by atoms with van der Waals surface area (Å²) >= 11 is 0. The van der Waals surface area contributed by atoms with E-state index in [9.17, 15) is 9.59 Å². The molecule has 3 aliphatic rings. The highest BCUT2D eigenvalue weighted by atomic mass is 16.7. The van der Waals surface area contributed by atoms with E-state index >= 15 is 0 Å². The average Bonchev–Trinajstić information content (AvgIpc) is 3.48.